The Morgan fingerprint density at radius 1 is 1.44 bits per heavy atom. The van der Waals surface area contributed by atoms with Crippen molar-refractivity contribution in [2.24, 2.45) is 0 Å². The SMILES string of the molecule is CS(=O)CCCNc1nc(C(C)(C)C)ns1. The topological polar surface area (TPSA) is 54.9 Å². The van der Waals surface area contributed by atoms with Crippen LogP contribution in [0.15, 0.2) is 0 Å². The van der Waals surface area contributed by atoms with Crippen molar-refractivity contribution in [3.05, 3.63) is 5.82 Å². The van der Waals surface area contributed by atoms with E-state index < -0.39 is 10.8 Å². The summed E-state index contributed by atoms with van der Waals surface area (Å²) in [7, 11) is -0.705. The molecule has 92 valence electrons. The minimum atomic E-state index is -0.705. The average molecular weight is 261 g/mol. The summed E-state index contributed by atoms with van der Waals surface area (Å²) in [5.74, 6) is 1.61. The lowest BCUT2D eigenvalue weighted by molar-refractivity contribution is 0.555. The van der Waals surface area contributed by atoms with Crippen LogP contribution >= 0.6 is 11.5 Å². The molecule has 1 aromatic rings. The lowest BCUT2D eigenvalue weighted by Crippen LogP contribution is -2.13. The first kappa shape index (κ1) is 13.6. The van der Waals surface area contributed by atoms with E-state index >= 15 is 0 Å². The van der Waals surface area contributed by atoms with Crippen LogP contribution in [-0.4, -0.2) is 32.1 Å². The van der Waals surface area contributed by atoms with Gasteiger partial charge < -0.3 is 5.32 Å². The highest BCUT2D eigenvalue weighted by Gasteiger charge is 2.19. The van der Waals surface area contributed by atoms with E-state index in [1.54, 1.807) is 6.26 Å². The third-order valence-electron chi connectivity index (χ3n) is 1.98. The maximum Gasteiger partial charge on any atom is 0.202 e. The number of anilines is 1. The second-order valence-corrected chi connectivity index (χ2v) is 7.04. The summed E-state index contributed by atoms with van der Waals surface area (Å²) >= 11 is 1.39. The van der Waals surface area contributed by atoms with Gasteiger partial charge in [0.1, 0.15) is 5.82 Å². The summed E-state index contributed by atoms with van der Waals surface area (Å²) < 4.78 is 15.2. The van der Waals surface area contributed by atoms with Gasteiger partial charge in [0.2, 0.25) is 5.13 Å². The quantitative estimate of drug-likeness (QED) is 0.824. The second-order valence-electron chi connectivity index (χ2n) is 4.73. The Morgan fingerprint density at radius 3 is 2.62 bits per heavy atom. The average Bonchev–Trinajstić information content (AvgIpc) is 2.59. The molecule has 1 heterocycles. The number of hydrogen-bond acceptors (Lipinski definition) is 5. The Bertz CT molecular complexity index is 357. The smallest absolute Gasteiger partial charge is 0.202 e. The van der Waals surface area contributed by atoms with Gasteiger partial charge in [-0.05, 0) is 6.42 Å². The van der Waals surface area contributed by atoms with Gasteiger partial charge in [-0.2, -0.15) is 4.37 Å². The molecule has 0 aliphatic carbocycles. The van der Waals surface area contributed by atoms with Crippen LogP contribution in [-0.2, 0) is 16.2 Å². The van der Waals surface area contributed by atoms with Crippen LogP contribution in [0.1, 0.15) is 33.0 Å². The van der Waals surface area contributed by atoms with Crippen LogP contribution in [0.3, 0.4) is 0 Å². The van der Waals surface area contributed by atoms with Crippen LogP contribution in [0, 0.1) is 0 Å². The molecular weight excluding hydrogens is 242 g/mol. The molecule has 1 rings (SSSR count). The Hall–Kier alpha value is -0.490. The molecule has 0 aliphatic rings. The molecule has 1 aromatic heterocycles. The Labute approximate surface area is 103 Å². The fourth-order valence-electron chi connectivity index (χ4n) is 1.07. The fourth-order valence-corrected chi connectivity index (χ4v) is 2.40. The maximum atomic E-state index is 10.8. The predicted molar refractivity (Wildman–Crippen MR) is 70.6 cm³/mol. The first-order valence-corrected chi connectivity index (χ1v) is 7.78. The highest BCUT2D eigenvalue weighted by Crippen LogP contribution is 2.22. The Balaban J connectivity index is 2.38. The van der Waals surface area contributed by atoms with Gasteiger partial charge in [-0.1, -0.05) is 20.8 Å². The van der Waals surface area contributed by atoms with E-state index in [1.807, 2.05) is 0 Å². The minimum absolute atomic E-state index is 0.00133. The molecule has 6 heteroatoms. The normalized spacial score (nSPS) is 13.8. The van der Waals surface area contributed by atoms with E-state index in [0.29, 0.717) is 0 Å². The highest BCUT2D eigenvalue weighted by atomic mass is 32.2. The summed E-state index contributed by atoms with van der Waals surface area (Å²) in [4.78, 5) is 4.42. The van der Waals surface area contributed by atoms with Gasteiger partial charge in [0, 0.05) is 46.3 Å². The first-order chi connectivity index (χ1) is 7.39. The van der Waals surface area contributed by atoms with Crippen molar-refractivity contribution in [2.45, 2.75) is 32.6 Å². The van der Waals surface area contributed by atoms with Gasteiger partial charge >= 0.3 is 0 Å². The van der Waals surface area contributed by atoms with Crippen molar-refractivity contribution < 1.29 is 4.21 Å². The van der Waals surface area contributed by atoms with E-state index in [4.69, 9.17) is 0 Å². The van der Waals surface area contributed by atoms with E-state index in [9.17, 15) is 4.21 Å². The molecule has 0 aliphatic heterocycles. The van der Waals surface area contributed by atoms with Crippen molar-refractivity contribution in [2.75, 3.05) is 23.9 Å². The van der Waals surface area contributed by atoms with Gasteiger partial charge in [0.05, 0.1) is 0 Å². The molecule has 0 saturated heterocycles. The van der Waals surface area contributed by atoms with Crippen LogP contribution in [0.25, 0.3) is 0 Å². The zero-order valence-corrected chi connectivity index (χ0v) is 11.9. The van der Waals surface area contributed by atoms with Gasteiger partial charge in [-0.3, -0.25) is 4.21 Å². The standard InChI is InChI=1S/C10H19N3OS2/c1-10(2,3)8-12-9(15-13-8)11-6-5-7-16(4)14/h5-7H2,1-4H3,(H,11,12,13). The minimum Gasteiger partial charge on any atom is -0.360 e. The van der Waals surface area contributed by atoms with E-state index in [0.717, 1.165) is 29.7 Å². The number of nitrogens with zero attached hydrogens (tertiary/aromatic N) is 2. The van der Waals surface area contributed by atoms with Gasteiger partial charge in [-0.25, -0.2) is 4.98 Å². The van der Waals surface area contributed by atoms with Crippen LogP contribution in [0.2, 0.25) is 0 Å². The second kappa shape index (κ2) is 5.72. The fraction of sp³-hybridized carbons (Fsp3) is 0.800. The zero-order chi connectivity index (χ0) is 12.2. The van der Waals surface area contributed by atoms with Crippen LogP contribution in [0.5, 0.6) is 0 Å². The molecule has 0 amide bonds. The molecule has 1 N–H and O–H groups in total. The van der Waals surface area contributed by atoms with Crippen LogP contribution in [0.4, 0.5) is 5.13 Å². The lowest BCUT2D eigenvalue weighted by Gasteiger charge is -2.12. The third kappa shape index (κ3) is 4.57. The van der Waals surface area contributed by atoms with Gasteiger partial charge in [0.15, 0.2) is 0 Å². The highest BCUT2D eigenvalue weighted by molar-refractivity contribution is 7.84. The summed E-state index contributed by atoms with van der Waals surface area (Å²) in [6, 6.07) is 0. The van der Waals surface area contributed by atoms with E-state index in [2.05, 4.69) is 35.4 Å². The van der Waals surface area contributed by atoms with Crippen LogP contribution < -0.4 is 5.32 Å². The van der Waals surface area contributed by atoms with Crippen molar-refractivity contribution >= 4 is 27.5 Å². The Kier molecular flexibility index (Phi) is 4.86. The summed E-state index contributed by atoms with van der Waals surface area (Å²) in [6.45, 7) is 7.09. The van der Waals surface area contributed by atoms with Crippen molar-refractivity contribution in [1.29, 1.82) is 0 Å². The number of nitrogens with one attached hydrogen (secondary N) is 1. The molecule has 4 nitrogen and oxygen atoms in total. The third-order valence-corrected chi connectivity index (χ3v) is 3.52. The number of rotatable bonds is 5. The molecule has 0 bridgehead atoms. The monoisotopic (exact) mass is 261 g/mol. The largest absolute Gasteiger partial charge is 0.360 e. The number of aromatic nitrogens is 2. The molecule has 0 saturated carbocycles. The summed E-state index contributed by atoms with van der Waals surface area (Å²) in [5.41, 5.74) is 0.00133. The molecule has 0 aromatic carbocycles. The summed E-state index contributed by atoms with van der Waals surface area (Å²) in [6.07, 6.45) is 2.62. The Morgan fingerprint density at radius 2 is 2.12 bits per heavy atom. The molecular formula is C10H19N3OS2. The summed E-state index contributed by atoms with van der Waals surface area (Å²) in [5, 5.41) is 4.06. The zero-order valence-electron chi connectivity index (χ0n) is 10.2. The van der Waals surface area contributed by atoms with Gasteiger partial charge in [0.25, 0.3) is 0 Å². The molecule has 16 heavy (non-hydrogen) atoms. The maximum absolute atomic E-state index is 10.8. The lowest BCUT2D eigenvalue weighted by atomic mass is 9.96. The number of hydrogen-bond donors (Lipinski definition) is 1. The molecule has 1 atom stereocenters. The van der Waals surface area contributed by atoms with Gasteiger partial charge in [-0.15, -0.1) is 0 Å². The molecule has 1 unspecified atom stereocenters. The molecule has 0 fully saturated rings. The molecule has 0 spiro atoms. The van der Waals surface area contributed by atoms with Crippen molar-refractivity contribution in [3.8, 4) is 0 Å². The van der Waals surface area contributed by atoms with Crippen molar-refractivity contribution in [3.63, 3.8) is 0 Å². The first-order valence-electron chi connectivity index (χ1n) is 5.27. The van der Waals surface area contributed by atoms with E-state index in [1.165, 1.54) is 11.5 Å². The predicted octanol–water partition coefficient (Wildman–Crippen LogP) is 2.02. The van der Waals surface area contributed by atoms with Crippen molar-refractivity contribution in [1.82, 2.24) is 9.36 Å². The molecule has 0 radical (unpaired) electrons. The van der Waals surface area contributed by atoms with E-state index in [-0.39, 0.29) is 5.41 Å².